The molecular formula is C19H21NS. The minimum absolute atomic E-state index is 0.456. The normalized spacial score (nSPS) is 26.3. The zero-order valence-electron chi connectivity index (χ0n) is 12.8. The van der Waals surface area contributed by atoms with Crippen molar-refractivity contribution in [1.29, 1.82) is 0 Å². The first kappa shape index (κ1) is 13.1. The molecule has 1 aliphatic heterocycles. The third-order valence-electron chi connectivity index (χ3n) is 5.25. The number of allylic oxidation sites excluding steroid dienone is 2. The van der Waals surface area contributed by atoms with Crippen molar-refractivity contribution in [2.75, 3.05) is 5.32 Å². The van der Waals surface area contributed by atoms with E-state index in [4.69, 9.17) is 0 Å². The van der Waals surface area contributed by atoms with Gasteiger partial charge in [0.05, 0.1) is 6.04 Å². The lowest BCUT2D eigenvalue weighted by molar-refractivity contribution is 0.428. The topological polar surface area (TPSA) is 12.0 Å². The summed E-state index contributed by atoms with van der Waals surface area (Å²) in [5.41, 5.74) is 7.08. The van der Waals surface area contributed by atoms with Gasteiger partial charge in [0.1, 0.15) is 0 Å². The third-order valence-corrected chi connectivity index (χ3v) is 6.35. The van der Waals surface area contributed by atoms with Crippen LogP contribution < -0.4 is 5.32 Å². The number of hydrogen-bond acceptors (Lipinski definition) is 2. The first-order valence-corrected chi connectivity index (χ1v) is 8.62. The minimum atomic E-state index is 0.456. The summed E-state index contributed by atoms with van der Waals surface area (Å²) < 4.78 is 0. The Bertz CT molecular complexity index is 725. The second-order valence-electron chi connectivity index (χ2n) is 6.42. The van der Waals surface area contributed by atoms with Gasteiger partial charge in [0, 0.05) is 16.5 Å². The lowest BCUT2D eigenvalue weighted by atomic mass is 9.77. The van der Waals surface area contributed by atoms with Crippen LogP contribution in [-0.4, -0.2) is 0 Å². The summed E-state index contributed by atoms with van der Waals surface area (Å²) in [4.78, 5) is 1.51. The molecule has 3 unspecified atom stereocenters. The zero-order chi connectivity index (χ0) is 14.6. The van der Waals surface area contributed by atoms with E-state index in [1.807, 2.05) is 11.3 Å². The van der Waals surface area contributed by atoms with Crippen LogP contribution in [0.25, 0.3) is 0 Å². The summed E-state index contributed by atoms with van der Waals surface area (Å²) in [6, 6.07) is 7.31. The van der Waals surface area contributed by atoms with Crippen molar-refractivity contribution in [3.63, 3.8) is 0 Å². The maximum atomic E-state index is 3.89. The second kappa shape index (κ2) is 4.74. The molecule has 2 aromatic rings. The second-order valence-corrected chi connectivity index (χ2v) is 7.36. The highest BCUT2D eigenvalue weighted by molar-refractivity contribution is 7.10. The van der Waals surface area contributed by atoms with Gasteiger partial charge in [0.15, 0.2) is 0 Å². The average Bonchev–Trinajstić information content (AvgIpc) is 3.11. The molecule has 108 valence electrons. The van der Waals surface area contributed by atoms with Crippen LogP contribution in [0.4, 0.5) is 5.69 Å². The number of rotatable bonds is 1. The van der Waals surface area contributed by atoms with Crippen molar-refractivity contribution < 1.29 is 0 Å². The van der Waals surface area contributed by atoms with E-state index in [0.717, 1.165) is 0 Å². The summed E-state index contributed by atoms with van der Waals surface area (Å²) >= 11 is 1.90. The molecule has 3 atom stereocenters. The smallest absolute Gasteiger partial charge is 0.0649 e. The molecule has 2 heterocycles. The molecule has 1 N–H and O–H groups in total. The van der Waals surface area contributed by atoms with Crippen LogP contribution in [0.1, 0.15) is 45.5 Å². The maximum Gasteiger partial charge on any atom is 0.0649 e. The van der Waals surface area contributed by atoms with Gasteiger partial charge in [-0.05, 0) is 66.8 Å². The van der Waals surface area contributed by atoms with Crippen LogP contribution in [0.3, 0.4) is 0 Å². The Kier molecular flexibility index (Phi) is 2.97. The highest BCUT2D eigenvalue weighted by atomic mass is 32.1. The predicted molar refractivity (Wildman–Crippen MR) is 91.3 cm³/mol. The first-order chi connectivity index (χ1) is 10.2. The van der Waals surface area contributed by atoms with Crippen LogP contribution in [0, 0.1) is 26.7 Å². The number of aryl methyl sites for hydroxylation is 2. The van der Waals surface area contributed by atoms with Crippen LogP contribution in [0.5, 0.6) is 0 Å². The summed E-state index contributed by atoms with van der Waals surface area (Å²) in [7, 11) is 0. The summed E-state index contributed by atoms with van der Waals surface area (Å²) in [5.74, 6) is 1.24. The van der Waals surface area contributed by atoms with Gasteiger partial charge in [-0.1, -0.05) is 24.3 Å². The van der Waals surface area contributed by atoms with Gasteiger partial charge >= 0.3 is 0 Å². The fourth-order valence-corrected chi connectivity index (χ4v) is 4.93. The van der Waals surface area contributed by atoms with E-state index < -0.39 is 0 Å². The van der Waals surface area contributed by atoms with E-state index in [9.17, 15) is 0 Å². The van der Waals surface area contributed by atoms with E-state index >= 15 is 0 Å². The first-order valence-electron chi connectivity index (χ1n) is 7.74. The largest absolute Gasteiger partial charge is 0.377 e. The van der Waals surface area contributed by atoms with Crippen molar-refractivity contribution in [3.05, 3.63) is 62.9 Å². The van der Waals surface area contributed by atoms with Crippen molar-refractivity contribution in [2.24, 2.45) is 5.92 Å². The van der Waals surface area contributed by atoms with E-state index in [0.29, 0.717) is 17.9 Å². The number of thiophene rings is 1. The van der Waals surface area contributed by atoms with Crippen molar-refractivity contribution in [2.45, 2.75) is 39.2 Å². The Hall–Kier alpha value is -1.54. The summed E-state index contributed by atoms with van der Waals surface area (Å²) in [6.45, 7) is 6.70. The molecular weight excluding hydrogens is 274 g/mol. The molecule has 21 heavy (non-hydrogen) atoms. The van der Waals surface area contributed by atoms with Gasteiger partial charge in [-0.25, -0.2) is 0 Å². The van der Waals surface area contributed by atoms with Gasteiger partial charge in [0.25, 0.3) is 0 Å². The van der Waals surface area contributed by atoms with Gasteiger partial charge in [-0.15, -0.1) is 11.3 Å². The highest BCUT2D eigenvalue weighted by Crippen LogP contribution is 2.52. The van der Waals surface area contributed by atoms with Gasteiger partial charge in [-0.3, -0.25) is 0 Å². The Balaban J connectivity index is 1.87. The molecule has 2 aliphatic rings. The number of benzene rings is 1. The molecule has 0 saturated carbocycles. The summed E-state index contributed by atoms with van der Waals surface area (Å²) in [6.07, 6.45) is 5.98. The summed E-state index contributed by atoms with van der Waals surface area (Å²) in [5, 5.41) is 6.12. The SMILES string of the molecule is Cc1ccsc1C1Nc2c(ccc(C)c2C)C2C=CCC21. The number of anilines is 1. The molecule has 1 nitrogen and oxygen atoms in total. The molecule has 0 amide bonds. The quantitative estimate of drug-likeness (QED) is 0.685. The van der Waals surface area contributed by atoms with Crippen LogP contribution in [0.15, 0.2) is 35.7 Å². The fraction of sp³-hybridized carbons (Fsp3) is 0.368. The zero-order valence-corrected chi connectivity index (χ0v) is 13.6. The van der Waals surface area contributed by atoms with Crippen LogP contribution in [-0.2, 0) is 0 Å². The molecule has 0 bridgehead atoms. The van der Waals surface area contributed by atoms with E-state index in [1.54, 1.807) is 0 Å². The van der Waals surface area contributed by atoms with Crippen molar-refractivity contribution in [3.8, 4) is 0 Å². The molecule has 0 spiro atoms. The molecule has 1 aromatic carbocycles. The molecule has 0 fully saturated rings. The number of fused-ring (bicyclic) bond motifs is 3. The van der Waals surface area contributed by atoms with E-state index in [-0.39, 0.29) is 0 Å². The predicted octanol–water partition coefficient (Wildman–Crippen LogP) is 5.50. The molecule has 2 heteroatoms. The standard InChI is InChI=1S/C19H21NS/c1-11-7-8-16-14-5-4-6-15(14)18(20-17(16)13(11)3)19-12(2)9-10-21-19/h4-5,7-10,14-15,18,20H,6H2,1-3H3. The van der Waals surface area contributed by atoms with Crippen molar-refractivity contribution in [1.82, 2.24) is 0 Å². The number of nitrogens with one attached hydrogen (secondary N) is 1. The Morgan fingerprint density at radius 1 is 1.10 bits per heavy atom. The Morgan fingerprint density at radius 3 is 2.71 bits per heavy atom. The molecule has 0 radical (unpaired) electrons. The fourth-order valence-electron chi connectivity index (χ4n) is 3.88. The minimum Gasteiger partial charge on any atom is -0.377 e. The van der Waals surface area contributed by atoms with Gasteiger partial charge in [-0.2, -0.15) is 0 Å². The molecule has 0 saturated heterocycles. The average molecular weight is 295 g/mol. The van der Waals surface area contributed by atoms with Gasteiger partial charge in [0.2, 0.25) is 0 Å². The Morgan fingerprint density at radius 2 is 1.95 bits per heavy atom. The number of hydrogen-bond donors (Lipinski definition) is 1. The van der Waals surface area contributed by atoms with Crippen molar-refractivity contribution >= 4 is 17.0 Å². The molecule has 4 rings (SSSR count). The highest BCUT2D eigenvalue weighted by Gasteiger charge is 2.39. The third kappa shape index (κ3) is 1.89. The lowest BCUT2D eigenvalue weighted by Crippen LogP contribution is -2.29. The maximum absolute atomic E-state index is 3.89. The van der Waals surface area contributed by atoms with E-state index in [2.05, 4.69) is 61.8 Å². The monoisotopic (exact) mass is 295 g/mol. The van der Waals surface area contributed by atoms with Crippen LogP contribution in [0.2, 0.25) is 0 Å². The van der Waals surface area contributed by atoms with Gasteiger partial charge < -0.3 is 5.32 Å². The Labute approximate surface area is 130 Å². The lowest BCUT2D eigenvalue weighted by Gasteiger charge is -2.38. The van der Waals surface area contributed by atoms with E-state index in [1.165, 1.54) is 39.2 Å². The molecule has 1 aromatic heterocycles. The van der Waals surface area contributed by atoms with Crippen LogP contribution >= 0.6 is 11.3 Å². The molecule has 1 aliphatic carbocycles.